The minimum atomic E-state index is -0.929. The summed E-state index contributed by atoms with van der Waals surface area (Å²) in [7, 11) is 0. The van der Waals surface area contributed by atoms with Gasteiger partial charge in [0.25, 0.3) is 6.29 Å². The van der Waals surface area contributed by atoms with Crippen molar-refractivity contribution in [3.63, 3.8) is 0 Å². The number of carbonyl (C=O) groups excluding carboxylic acids is 2. The molecule has 1 aliphatic heterocycles. The number of hydrogen-bond acceptors (Lipinski definition) is 4. The first-order valence-electron chi connectivity index (χ1n) is 6.57. The maximum atomic E-state index is 12.3. The van der Waals surface area contributed by atoms with Crippen molar-refractivity contribution < 1.29 is 19.1 Å². The van der Waals surface area contributed by atoms with Crippen LogP contribution in [0, 0.1) is 5.41 Å². The second-order valence-corrected chi connectivity index (χ2v) is 4.80. The van der Waals surface area contributed by atoms with Gasteiger partial charge in [0.2, 0.25) is 0 Å². The van der Waals surface area contributed by atoms with Crippen LogP contribution in [0.5, 0.6) is 0 Å². The van der Waals surface area contributed by atoms with Crippen LogP contribution in [0.25, 0.3) is 0 Å². The molecule has 0 amide bonds. The van der Waals surface area contributed by atoms with Gasteiger partial charge in [0.1, 0.15) is 0 Å². The second-order valence-electron chi connectivity index (χ2n) is 4.80. The van der Waals surface area contributed by atoms with E-state index >= 15 is 0 Å². The molecule has 1 atom stereocenters. The Labute approximate surface area is 112 Å². The van der Waals surface area contributed by atoms with Gasteiger partial charge < -0.3 is 9.47 Å². The molecular formula is C15H18O4. The topological polar surface area (TPSA) is 52.6 Å². The predicted molar refractivity (Wildman–Crippen MR) is 69.0 cm³/mol. The van der Waals surface area contributed by atoms with E-state index in [-0.39, 0.29) is 18.4 Å². The zero-order chi connectivity index (χ0) is 13.9. The highest BCUT2D eigenvalue weighted by atomic mass is 16.7. The summed E-state index contributed by atoms with van der Waals surface area (Å²) in [5.41, 5.74) is -0.0761. The van der Waals surface area contributed by atoms with Crippen LogP contribution in [0.2, 0.25) is 0 Å². The molecule has 0 radical (unpaired) electrons. The molecule has 0 N–H and O–H groups in total. The number of cyclic esters (lactones) is 2. The van der Waals surface area contributed by atoms with Crippen LogP contribution < -0.4 is 0 Å². The van der Waals surface area contributed by atoms with E-state index < -0.39 is 11.7 Å². The molecule has 1 fully saturated rings. The number of rotatable bonds is 3. The molecule has 0 aliphatic carbocycles. The Morgan fingerprint density at radius 3 is 2.32 bits per heavy atom. The molecule has 1 heterocycles. The van der Waals surface area contributed by atoms with E-state index in [9.17, 15) is 9.59 Å². The van der Waals surface area contributed by atoms with Gasteiger partial charge in [-0.3, -0.25) is 9.59 Å². The van der Waals surface area contributed by atoms with Crippen LogP contribution in [0.1, 0.15) is 45.0 Å². The Balaban J connectivity index is 2.29. The largest absolute Gasteiger partial charge is 0.421 e. The molecule has 1 aromatic rings. The minimum absolute atomic E-state index is 0.0855. The Bertz CT molecular complexity index is 462. The third kappa shape index (κ3) is 2.62. The van der Waals surface area contributed by atoms with Crippen molar-refractivity contribution in [2.45, 2.75) is 39.4 Å². The van der Waals surface area contributed by atoms with E-state index in [1.54, 1.807) is 12.1 Å². The lowest BCUT2D eigenvalue weighted by molar-refractivity contribution is -0.185. The van der Waals surface area contributed by atoms with Crippen molar-refractivity contribution in [2.75, 3.05) is 0 Å². The average Bonchev–Trinajstić information content (AvgIpc) is 2.57. The zero-order valence-corrected chi connectivity index (χ0v) is 11.2. The highest BCUT2D eigenvalue weighted by Gasteiger charge is 2.44. The van der Waals surface area contributed by atoms with Crippen LogP contribution in [-0.4, -0.2) is 11.9 Å². The first kappa shape index (κ1) is 13.6. The molecule has 19 heavy (non-hydrogen) atoms. The summed E-state index contributed by atoms with van der Waals surface area (Å²) < 4.78 is 10.6. The van der Waals surface area contributed by atoms with Crippen LogP contribution in [0.3, 0.4) is 0 Å². The molecule has 0 saturated carbocycles. The maximum Gasteiger partial charge on any atom is 0.315 e. The Hall–Kier alpha value is -1.84. The second kappa shape index (κ2) is 5.43. The van der Waals surface area contributed by atoms with Crippen LogP contribution in [0.15, 0.2) is 30.3 Å². The predicted octanol–water partition coefficient (Wildman–Crippen LogP) is 2.98. The fraction of sp³-hybridized carbons (Fsp3) is 0.467. The zero-order valence-electron chi connectivity index (χ0n) is 11.2. The van der Waals surface area contributed by atoms with Gasteiger partial charge in [-0.1, -0.05) is 44.2 Å². The Kier molecular flexibility index (Phi) is 3.88. The summed E-state index contributed by atoms with van der Waals surface area (Å²) >= 11 is 0. The number of benzene rings is 1. The lowest BCUT2D eigenvalue weighted by atomic mass is 9.79. The van der Waals surface area contributed by atoms with E-state index in [2.05, 4.69) is 0 Å². The summed E-state index contributed by atoms with van der Waals surface area (Å²) in [6, 6.07) is 9.03. The molecule has 1 aromatic carbocycles. The summed E-state index contributed by atoms with van der Waals surface area (Å²) in [4.78, 5) is 24.2. The SMILES string of the molecule is CCC1(CC)CC(=O)OC(c2ccccc2)OC1=O. The van der Waals surface area contributed by atoms with Crippen molar-refractivity contribution in [3.8, 4) is 0 Å². The molecule has 0 spiro atoms. The van der Waals surface area contributed by atoms with Crippen molar-refractivity contribution in [2.24, 2.45) is 5.41 Å². The van der Waals surface area contributed by atoms with Gasteiger partial charge >= 0.3 is 11.9 Å². The molecule has 2 rings (SSSR count). The highest BCUT2D eigenvalue weighted by molar-refractivity contribution is 5.85. The monoisotopic (exact) mass is 262 g/mol. The first-order valence-corrected chi connectivity index (χ1v) is 6.57. The number of carbonyl (C=O) groups is 2. The molecule has 1 saturated heterocycles. The molecule has 4 nitrogen and oxygen atoms in total. The van der Waals surface area contributed by atoms with Crippen molar-refractivity contribution in [1.82, 2.24) is 0 Å². The fourth-order valence-electron chi connectivity index (χ4n) is 2.29. The van der Waals surface area contributed by atoms with Gasteiger partial charge in [-0.25, -0.2) is 0 Å². The van der Waals surface area contributed by atoms with E-state index in [0.29, 0.717) is 18.4 Å². The molecular weight excluding hydrogens is 244 g/mol. The fourth-order valence-corrected chi connectivity index (χ4v) is 2.29. The van der Waals surface area contributed by atoms with E-state index in [1.165, 1.54) is 0 Å². The lowest BCUT2D eigenvalue weighted by Crippen LogP contribution is -2.32. The normalized spacial score (nSPS) is 22.3. The molecule has 4 heteroatoms. The standard InChI is InChI=1S/C15H18O4/c1-3-15(4-2)10-12(16)18-13(19-14(15)17)11-8-6-5-7-9-11/h5-9,13H,3-4,10H2,1-2H3. The van der Waals surface area contributed by atoms with Gasteiger partial charge in [-0.15, -0.1) is 0 Å². The van der Waals surface area contributed by atoms with Crippen molar-refractivity contribution >= 4 is 11.9 Å². The number of ether oxygens (including phenoxy) is 2. The summed E-state index contributed by atoms with van der Waals surface area (Å²) in [5.74, 6) is -0.736. The van der Waals surface area contributed by atoms with Gasteiger partial charge in [0.15, 0.2) is 0 Å². The van der Waals surface area contributed by atoms with Crippen LogP contribution in [0.4, 0.5) is 0 Å². The van der Waals surface area contributed by atoms with Crippen LogP contribution in [-0.2, 0) is 19.1 Å². The third-order valence-electron chi connectivity index (χ3n) is 3.79. The molecule has 102 valence electrons. The van der Waals surface area contributed by atoms with Gasteiger partial charge in [-0.05, 0) is 12.8 Å². The van der Waals surface area contributed by atoms with E-state index in [1.807, 2.05) is 32.0 Å². The van der Waals surface area contributed by atoms with E-state index in [4.69, 9.17) is 9.47 Å². The maximum absolute atomic E-state index is 12.3. The average molecular weight is 262 g/mol. The lowest BCUT2D eigenvalue weighted by Gasteiger charge is -2.25. The Morgan fingerprint density at radius 2 is 1.74 bits per heavy atom. The van der Waals surface area contributed by atoms with Gasteiger partial charge in [0, 0.05) is 5.56 Å². The van der Waals surface area contributed by atoms with Crippen LogP contribution >= 0.6 is 0 Å². The minimum Gasteiger partial charge on any atom is -0.421 e. The molecule has 1 unspecified atom stereocenters. The highest BCUT2D eigenvalue weighted by Crippen LogP contribution is 2.38. The van der Waals surface area contributed by atoms with Crippen molar-refractivity contribution in [1.29, 1.82) is 0 Å². The smallest absolute Gasteiger partial charge is 0.315 e. The van der Waals surface area contributed by atoms with Gasteiger partial charge in [0.05, 0.1) is 11.8 Å². The number of hydrogen-bond donors (Lipinski definition) is 0. The summed E-state index contributed by atoms with van der Waals surface area (Å²) in [6.45, 7) is 3.78. The number of esters is 2. The van der Waals surface area contributed by atoms with Gasteiger partial charge in [-0.2, -0.15) is 0 Å². The Morgan fingerprint density at radius 1 is 1.11 bits per heavy atom. The summed E-state index contributed by atoms with van der Waals surface area (Å²) in [5, 5.41) is 0. The summed E-state index contributed by atoms with van der Waals surface area (Å²) in [6.07, 6.45) is 0.293. The first-order chi connectivity index (χ1) is 9.11. The molecule has 0 aromatic heterocycles. The molecule has 0 bridgehead atoms. The quantitative estimate of drug-likeness (QED) is 0.786. The third-order valence-corrected chi connectivity index (χ3v) is 3.79. The molecule has 1 aliphatic rings. The van der Waals surface area contributed by atoms with Crippen molar-refractivity contribution in [3.05, 3.63) is 35.9 Å². The van der Waals surface area contributed by atoms with E-state index in [0.717, 1.165) is 0 Å².